The number of methoxy groups -OCH3 is 1. The Bertz CT molecular complexity index is 455. The van der Waals surface area contributed by atoms with Gasteiger partial charge in [0.2, 0.25) is 0 Å². The lowest BCUT2D eigenvalue weighted by molar-refractivity contribution is 0.0515. The van der Waals surface area contributed by atoms with Crippen molar-refractivity contribution in [1.29, 1.82) is 0 Å². The fourth-order valence-electron chi connectivity index (χ4n) is 2.56. The molecule has 5 heteroatoms. The first kappa shape index (κ1) is 15.1. The molecule has 1 aliphatic rings. The molecule has 1 saturated heterocycles. The lowest BCUT2D eigenvalue weighted by Crippen LogP contribution is -2.29. The maximum absolute atomic E-state index is 12.4. The number of hydrogen-bond acceptors (Lipinski definition) is 4. The standard InChI is InChI=1S/C15H23NO4/c1-11-8-14(12(2)20-11)15(17)16-5-4-13(9-16)10-19-7-6-18-3/h8,13H,4-7,9-10H2,1-3H3/t13-/m0/s1. The molecule has 0 spiro atoms. The van der Waals surface area contributed by atoms with Crippen molar-refractivity contribution in [2.45, 2.75) is 20.3 Å². The molecule has 0 aliphatic carbocycles. The van der Waals surface area contributed by atoms with Crippen LogP contribution in [0.2, 0.25) is 0 Å². The Balaban J connectivity index is 1.83. The molecule has 0 saturated carbocycles. The minimum Gasteiger partial charge on any atom is -0.466 e. The van der Waals surface area contributed by atoms with Gasteiger partial charge in [0.15, 0.2) is 0 Å². The summed E-state index contributed by atoms with van der Waals surface area (Å²) in [5.41, 5.74) is 0.684. The lowest BCUT2D eigenvalue weighted by Gasteiger charge is -2.16. The highest BCUT2D eigenvalue weighted by Crippen LogP contribution is 2.22. The van der Waals surface area contributed by atoms with E-state index in [-0.39, 0.29) is 5.91 Å². The molecule has 0 bridgehead atoms. The summed E-state index contributed by atoms with van der Waals surface area (Å²) in [6.07, 6.45) is 0.995. The Hall–Kier alpha value is -1.33. The molecule has 1 aliphatic heterocycles. The fourth-order valence-corrected chi connectivity index (χ4v) is 2.56. The smallest absolute Gasteiger partial charge is 0.257 e. The van der Waals surface area contributed by atoms with Gasteiger partial charge in [0, 0.05) is 26.1 Å². The first-order valence-electron chi connectivity index (χ1n) is 7.04. The molecule has 5 nitrogen and oxygen atoms in total. The van der Waals surface area contributed by atoms with Gasteiger partial charge in [0.25, 0.3) is 5.91 Å². The van der Waals surface area contributed by atoms with Crippen LogP contribution in [0.15, 0.2) is 10.5 Å². The average Bonchev–Trinajstić information content (AvgIpc) is 3.01. The van der Waals surface area contributed by atoms with Gasteiger partial charge in [-0.3, -0.25) is 4.79 Å². The van der Waals surface area contributed by atoms with Crippen molar-refractivity contribution in [3.05, 3.63) is 23.2 Å². The molecule has 20 heavy (non-hydrogen) atoms. The van der Waals surface area contributed by atoms with E-state index in [1.54, 1.807) is 7.11 Å². The summed E-state index contributed by atoms with van der Waals surface area (Å²) in [4.78, 5) is 14.3. The molecular weight excluding hydrogens is 258 g/mol. The summed E-state index contributed by atoms with van der Waals surface area (Å²) in [5, 5.41) is 0. The van der Waals surface area contributed by atoms with Gasteiger partial charge in [-0.05, 0) is 26.3 Å². The van der Waals surface area contributed by atoms with Crippen LogP contribution in [0.4, 0.5) is 0 Å². The number of likely N-dealkylation sites (tertiary alicyclic amines) is 1. The first-order chi connectivity index (χ1) is 9.61. The molecule has 1 fully saturated rings. The maximum Gasteiger partial charge on any atom is 0.257 e. The first-order valence-corrected chi connectivity index (χ1v) is 7.04. The number of rotatable bonds is 6. The molecule has 1 amide bonds. The van der Waals surface area contributed by atoms with Crippen LogP contribution in [0.3, 0.4) is 0 Å². The second-order valence-electron chi connectivity index (χ2n) is 5.30. The van der Waals surface area contributed by atoms with E-state index in [9.17, 15) is 4.79 Å². The summed E-state index contributed by atoms with van der Waals surface area (Å²) in [5.74, 6) is 1.97. The van der Waals surface area contributed by atoms with Crippen LogP contribution < -0.4 is 0 Å². The minimum absolute atomic E-state index is 0.0683. The Morgan fingerprint density at radius 2 is 2.25 bits per heavy atom. The van der Waals surface area contributed by atoms with Crippen molar-refractivity contribution < 1.29 is 18.7 Å². The third-order valence-corrected chi connectivity index (χ3v) is 3.63. The van der Waals surface area contributed by atoms with Crippen molar-refractivity contribution in [3.63, 3.8) is 0 Å². The summed E-state index contributed by atoms with van der Waals surface area (Å²) in [6.45, 7) is 7.17. The number of nitrogens with zero attached hydrogens (tertiary/aromatic N) is 1. The van der Waals surface area contributed by atoms with Gasteiger partial charge in [-0.15, -0.1) is 0 Å². The quantitative estimate of drug-likeness (QED) is 0.749. The minimum atomic E-state index is 0.0683. The highest BCUT2D eigenvalue weighted by atomic mass is 16.5. The van der Waals surface area contributed by atoms with E-state index in [0.29, 0.717) is 37.1 Å². The van der Waals surface area contributed by atoms with E-state index in [4.69, 9.17) is 13.9 Å². The van der Waals surface area contributed by atoms with Crippen LogP contribution in [-0.2, 0) is 9.47 Å². The van der Waals surface area contributed by atoms with Crippen molar-refractivity contribution in [1.82, 2.24) is 4.90 Å². The van der Waals surface area contributed by atoms with Gasteiger partial charge in [0.1, 0.15) is 11.5 Å². The van der Waals surface area contributed by atoms with Crippen molar-refractivity contribution in [2.75, 3.05) is 40.0 Å². The monoisotopic (exact) mass is 281 g/mol. The highest BCUT2D eigenvalue weighted by molar-refractivity contribution is 5.95. The Labute approximate surface area is 119 Å². The molecule has 1 aromatic rings. The van der Waals surface area contributed by atoms with E-state index in [0.717, 1.165) is 25.3 Å². The highest BCUT2D eigenvalue weighted by Gasteiger charge is 2.28. The molecule has 0 unspecified atom stereocenters. The van der Waals surface area contributed by atoms with Crippen molar-refractivity contribution >= 4 is 5.91 Å². The van der Waals surface area contributed by atoms with Crippen LogP contribution in [0.1, 0.15) is 28.3 Å². The Morgan fingerprint density at radius 3 is 2.90 bits per heavy atom. The van der Waals surface area contributed by atoms with Crippen LogP contribution in [-0.4, -0.2) is 50.8 Å². The zero-order valence-electron chi connectivity index (χ0n) is 12.5. The second kappa shape index (κ2) is 6.90. The average molecular weight is 281 g/mol. The Morgan fingerprint density at radius 1 is 1.45 bits per heavy atom. The van der Waals surface area contributed by atoms with Gasteiger partial charge in [0.05, 0.1) is 25.4 Å². The molecule has 0 N–H and O–H groups in total. The van der Waals surface area contributed by atoms with E-state index in [2.05, 4.69) is 0 Å². The number of hydrogen-bond donors (Lipinski definition) is 0. The van der Waals surface area contributed by atoms with Crippen LogP contribution in [0.5, 0.6) is 0 Å². The third kappa shape index (κ3) is 3.61. The number of aryl methyl sites for hydroxylation is 2. The van der Waals surface area contributed by atoms with Gasteiger partial charge < -0.3 is 18.8 Å². The molecule has 0 aromatic carbocycles. The van der Waals surface area contributed by atoms with Gasteiger partial charge in [-0.2, -0.15) is 0 Å². The van der Waals surface area contributed by atoms with E-state index in [1.165, 1.54) is 0 Å². The van der Waals surface area contributed by atoms with Crippen LogP contribution in [0, 0.1) is 19.8 Å². The zero-order chi connectivity index (χ0) is 14.5. The number of furan rings is 1. The van der Waals surface area contributed by atoms with Crippen molar-refractivity contribution in [3.8, 4) is 0 Å². The van der Waals surface area contributed by atoms with Gasteiger partial charge in [-0.1, -0.05) is 0 Å². The van der Waals surface area contributed by atoms with Gasteiger partial charge in [-0.25, -0.2) is 0 Å². The second-order valence-corrected chi connectivity index (χ2v) is 5.30. The van der Waals surface area contributed by atoms with Crippen molar-refractivity contribution in [2.24, 2.45) is 5.92 Å². The maximum atomic E-state index is 12.4. The summed E-state index contributed by atoms with van der Waals surface area (Å²) >= 11 is 0. The number of carbonyl (C=O) groups excluding carboxylic acids is 1. The number of ether oxygens (including phenoxy) is 2. The fraction of sp³-hybridized carbons (Fsp3) is 0.667. The lowest BCUT2D eigenvalue weighted by atomic mass is 10.1. The van der Waals surface area contributed by atoms with E-state index >= 15 is 0 Å². The molecule has 1 atom stereocenters. The summed E-state index contributed by atoms with van der Waals surface area (Å²) < 4.78 is 15.9. The topological polar surface area (TPSA) is 51.9 Å². The molecule has 2 rings (SSSR count). The predicted octanol–water partition coefficient (Wildman–Crippen LogP) is 2.02. The zero-order valence-corrected chi connectivity index (χ0v) is 12.5. The number of carbonyl (C=O) groups is 1. The Kier molecular flexibility index (Phi) is 5.20. The van der Waals surface area contributed by atoms with E-state index in [1.807, 2.05) is 24.8 Å². The number of amides is 1. The molecular formula is C15H23NO4. The van der Waals surface area contributed by atoms with E-state index < -0.39 is 0 Å². The van der Waals surface area contributed by atoms with Crippen LogP contribution >= 0.6 is 0 Å². The van der Waals surface area contributed by atoms with Crippen LogP contribution in [0.25, 0.3) is 0 Å². The largest absolute Gasteiger partial charge is 0.466 e. The predicted molar refractivity (Wildman–Crippen MR) is 74.9 cm³/mol. The molecule has 112 valence electrons. The summed E-state index contributed by atoms with van der Waals surface area (Å²) in [7, 11) is 1.66. The molecule has 0 radical (unpaired) electrons. The molecule has 1 aromatic heterocycles. The molecule has 2 heterocycles. The summed E-state index contributed by atoms with van der Waals surface area (Å²) in [6, 6.07) is 1.82. The normalized spacial score (nSPS) is 18.8. The van der Waals surface area contributed by atoms with Gasteiger partial charge >= 0.3 is 0 Å². The SMILES string of the molecule is COCCOC[C@H]1CCN(C(=O)c2cc(C)oc2C)C1. The third-order valence-electron chi connectivity index (χ3n) is 3.63.